The van der Waals surface area contributed by atoms with Crippen molar-refractivity contribution in [3.8, 4) is 17.0 Å². The van der Waals surface area contributed by atoms with Crippen molar-refractivity contribution >= 4 is 17.5 Å². The minimum Gasteiger partial charge on any atom is -0.496 e. The van der Waals surface area contributed by atoms with Crippen LogP contribution in [-0.4, -0.2) is 40.6 Å². The number of nitrogens with one attached hydrogen (secondary N) is 2. The van der Waals surface area contributed by atoms with E-state index in [9.17, 15) is 9.59 Å². The van der Waals surface area contributed by atoms with E-state index in [1.165, 1.54) is 13.2 Å². The Hall–Kier alpha value is -3.23. The van der Waals surface area contributed by atoms with Crippen LogP contribution in [0.15, 0.2) is 53.6 Å². The van der Waals surface area contributed by atoms with Crippen molar-refractivity contribution in [3.05, 3.63) is 75.6 Å². The van der Waals surface area contributed by atoms with E-state index in [2.05, 4.69) is 15.6 Å². The molecular formula is C21H20ClN5O3. The van der Waals surface area contributed by atoms with Crippen molar-refractivity contribution in [3.63, 3.8) is 0 Å². The Balaban J connectivity index is 1.72. The van der Waals surface area contributed by atoms with E-state index >= 15 is 0 Å². The first-order chi connectivity index (χ1) is 14.6. The van der Waals surface area contributed by atoms with Crippen molar-refractivity contribution in [2.75, 3.05) is 20.2 Å². The highest BCUT2D eigenvalue weighted by Gasteiger charge is 2.25. The molecule has 1 unspecified atom stereocenters. The molecule has 8 nitrogen and oxygen atoms in total. The topological polar surface area (TPSA) is 98.1 Å². The molecule has 154 valence electrons. The van der Waals surface area contributed by atoms with Crippen LogP contribution in [0.5, 0.6) is 5.75 Å². The summed E-state index contributed by atoms with van der Waals surface area (Å²) >= 11 is 6.07. The number of rotatable bonds is 4. The molecule has 0 fully saturated rings. The molecule has 1 aliphatic rings. The number of carbonyl (C=O) groups is 1. The Morgan fingerprint density at radius 1 is 1.27 bits per heavy atom. The summed E-state index contributed by atoms with van der Waals surface area (Å²) in [5.74, 6) is 0.543. The maximum atomic E-state index is 13.0. The molecule has 9 heteroatoms. The Labute approximate surface area is 177 Å². The molecular weight excluding hydrogens is 406 g/mol. The van der Waals surface area contributed by atoms with Crippen LogP contribution in [0, 0.1) is 0 Å². The average Bonchev–Trinajstić information content (AvgIpc) is 2.97. The monoisotopic (exact) mass is 425 g/mol. The number of fused-ring (bicyclic) bond motifs is 1. The molecule has 2 aromatic heterocycles. The van der Waals surface area contributed by atoms with Crippen LogP contribution in [0.2, 0.25) is 5.02 Å². The summed E-state index contributed by atoms with van der Waals surface area (Å²) in [7, 11) is 1.49. The first-order valence-corrected chi connectivity index (χ1v) is 9.82. The molecule has 3 heterocycles. The molecule has 1 atom stereocenters. The third-order valence-electron chi connectivity index (χ3n) is 4.90. The van der Waals surface area contributed by atoms with Gasteiger partial charge in [0.25, 0.3) is 11.5 Å². The van der Waals surface area contributed by atoms with Gasteiger partial charge in [-0.3, -0.25) is 19.1 Å². The molecule has 1 aliphatic heterocycles. The molecule has 0 aliphatic carbocycles. The Bertz CT molecular complexity index is 1130. The SMILES string of the molecule is COc1ccc(Cl)cc1C(=O)NC1CNCCn2c1nc(-c1ccncc1)cc2=O. The summed E-state index contributed by atoms with van der Waals surface area (Å²) in [6, 6.07) is 9.41. The summed E-state index contributed by atoms with van der Waals surface area (Å²) in [5.41, 5.74) is 1.46. The van der Waals surface area contributed by atoms with Crippen molar-refractivity contribution in [2.45, 2.75) is 12.6 Å². The lowest BCUT2D eigenvalue weighted by molar-refractivity contribution is 0.0931. The van der Waals surface area contributed by atoms with Gasteiger partial charge < -0.3 is 15.4 Å². The summed E-state index contributed by atoms with van der Waals surface area (Å²) < 4.78 is 6.88. The van der Waals surface area contributed by atoms with Crippen LogP contribution in [0.1, 0.15) is 22.2 Å². The molecule has 0 spiro atoms. The van der Waals surface area contributed by atoms with E-state index in [1.54, 1.807) is 47.3 Å². The van der Waals surface area contributed by atoms with E-state index < -0.39 is 6.04 Å². The minimum absolute atomic E-state index is 0.171. The van der Waals surface area contributed by atoms with Crippen molar-refractivity contribution in [1.29, 1.82) is 0 Å². The third kappa shape index (κ3) is 4.05. The van der Waals surface area contributed by atoms with Crippen LogP contribution in [0.4, 0.5) is 0 Å². The highest BCUT2D eigenvalue weighted by Crippen LogP contribution is 2.24. The van der Waals surface area contributed by atoms with Gasteiger partial charge >= 0.3 is 0 Å². The molecule has 0 radical (unpaired) electrons. The number of methoxy groups -OCH3 is 1. The lowest BCUT2D eigenvalue weighted by Gasteiger charge is -2.20. The van der Waals surface area contributed by atoms with E-state index in [4.69, 9.17) is 21.3 Å². The molecule has 3 aromatic rings. The van der Waals surface area contributed by atoms with Gasteiger partial charge in [0.1, 0.15) is 11.6 Å². The summed E-state index contributed by atoms with van der Waals surface area (Å²) in [6.45, 7) is 1.49. The molecule has 1 amide bonds. The van der Waals surface area contributed by atoms with Gasteiger partial charge in [0, 0.05) is 48.7 Å². The maximum Gasteiger partial charge on any atom is 0.255 e. The minimum atomic E-state index is -0.516. The fourth-order valence-electron chi connectivity index (χ4n) is 3.42. The Kier molecular flexibility index (Phi) is 5.78. The van der Waals surface area contributed by atoms with Gasteiger partial charge in [0.05, 0.1) is 24.4 Å². The predicted molar refractivity (Wildman–Crippen MR) is 113 cm³/mol. The standard InChI is InChI=1S/C21H20ClN5O3/c1-30-18-3-2-14(22)10-15(18)21(29)26-17-12-24-8-9-27-19(28)11-16(25-20(17)27)13-4-6-23-7-5-13/h2-7,10-11,17,24H,8-9,12H2,1H3,(H,26,29). The molecule has 0 saturated heterocycles. The van der Waals surface area contributed by atoms with E-state index in [-0.39, 0.29) is 11.5 Å². The first kappa shape index (κ1) is 20.1. The number of carbonyl (C=O) groups excluding carboxylic acids is 1. The zero-order valence-electron chi connectivity index (χ0n) is 16.3. The highest BCUT2D eigenvalue weighted by molar-refractivity contribution is 6.31. The summed E-state index contributed by atoms with van der Waals surface area (Å²) in [4.78, 5) is 34.5. The number of hydrogen-bond acceptors (Lipinski definition) is 6. The van der Waals surface area contributed by atoms with Gasteiger partial charge in [-0.2, -0.15) is 0 Å². The van der Waals surface area contributed by atoms with Gasteiger partial charge in [0.2, 0.25) is 0 Å². The second-order valence-electron chi connectivity index (χ2n) is 6.80. The lowest BCUT2D eigenvalue weighted by atomic mass is 10.1. The number of amides is 1. The lowest BCUT2D eigenvalue weighted by Crippen LogP contribution is -2.37. The second-order valence-corrected chi connectivity index (χ2v) is 7.24. The smallest absolute Gasteiger partial charge is 0.255 e. The van der Waals surface area contributed by atoms with Crippen LogP contribution in [0.3, 0.4) is 0 Å². The number of hydrogen-bond donors (Lipinski definition) is 2. The van der Waals surface area contributed by atoms with Crippen molar-refractivity contribution in [2.24, 2.45) is 0 Å². The number of halogens is 1. The fraction of sp³-hybridized carbons (Fsp3) is 0.238. The van der Waals surface area contributed by atoms with Gasteiger partial charge in [-0.1, -0.05) is 11.6 Å². The Morgan fingerprint density at radius 2 is 2.07 bits per heavy atom. The van der Waals surface area contributed by atoms with Crippen LogP contribution >= 0.6 is 11.6 Å². The molecule has 0 saturated carbocycles. The van der Waals surface area contributed by atoms with Gasteiger partial charge in [-0.05, 0) is 30.3 Å². The first-order valence-electron chi connectivity index (χ1n) is 9.44. The average molecular weight is 426 g/mol. The van der Waals surface area contributed by atoms with Gasteiger partial charge in [-0.15, -0.1) is 0 Å². The van der Waals surface area contributed by atoms with E-state index in [1.807, 2.05) is 0 Å². The number of aromatic nitrogens is 3. The maximum absolute atomic E-state index is 13.0. The normalized spacial score (nSPS) is 15.7. The predicted octanol–water partition coefficient (Wildman–Crippen LogP) is 2.04. The highest BCUT2D eigenvalue weighted by atomic mass is 35.5. The van der Waals surface area contributed by atoms with Crippen molar-refractivity contribution in [1.82, 2.24) is 25.2 Å². The number of nitrogens with zero attached hydrogens (tertiary/aromatic N) is 3. The number of ether oxygens (including phenoxy) is 1. The van der Waals surface area contributed by atoms with E-state index in [0.29, 0.717) is 47.5 Å². The van der Waals surface area contributed by atoms with E-state index in [0.717, 1.165) is 5.56 Å². The largest absolute Gasteiger partial charge is 0.496 e. The summed E-state index contributed by atoms with van der Waals surface area (Å²) in [5, 5.41) is 6.64. The Morgan fingerprint density at radius 3 is 2.83 bits per heavy atom. The number of benzene rings is 1. The van der Waals surface area contributed by atoms with Gasteiger partial charge in [0.15, 0.2) is 0 Å². The third-order valence-corrected chi connectivity index (χ3v) is 5.13. The quantitative estimate of drug-likeness (QED) is 0.663. The molecule has 30 heavy (non-hydrogen) atoms. The number of pyridine rings is 1. The zero-order valence-corrected chi connectivity index (χ0v) is 17.0. The molecule has 1 aromatic carbocycles. The van der Waals surface area contributed by atoms with Crippen LogP contribution in [-0.2, 0) is 6.54 Å². The second kappa shape index (κ2) is 8.64. The molecule has 0 bridgehead atoms. The fourth-order valence-corrected chi connectivity index (χ4v) is 3.60. The molecule has 2 N–H and O–H groups in total. The van der Waals surface area contributed by atoms with Crippen molar-refractivity contribution < 1.29 is 9.53 Å². The van der Waals surface area contributed by atoms with Crippen LogP contribution in [0.25, 0.3) is 11.3 Å². The zero-order chi connectivity index (χ0) is 21.1. The molecule has 4 rings (SSSR count). The van der Waals surface area contributed by atoms with Crippen LogP contribution < -0.4 is 20.9 Å². The summed E-state index contributed by atoms with van der Waals surface area (Å²) in [6.07, 6.45) is 3.29. The van der Waals surface area contributed by atoms with Gasteiger partial charge in [-0.25, -0.2) is 4.98 Å².